The van der Waals surface area contributed by atoms with Gasteiger partial charge in [0.2, 0.25) is 5.91 Å². The first kappa shape index (κ1) is 17.5. The van der Waals surface area contributed by atoms with E-state index in [-0.39, 0.29) is 11.8 Å². The topological polar surface area (TPSA) is 84.2 Å². The zero-order valence-corrected chi connectivity index (χ0v) is 16.0. The van der Waals surface area contributed by atoms with Gasteiger partial charge >= 0.3 is 0 Å². The number of carbonyl (C=O) groups is 1. The van der Waals surface area contributed by atoms with Crippen molar-refractivity contribution >= 4 is 16.8 Å². The minimum atomic E-state index is -0.0797. The van der Waals surface area contributed by atoms with E-state index in [2.05, 4.69) is 15.1 Å². The number of hydrogen-bond acceptors (Lipinski definition) is 5. The molecule has 1 saturated heterocycles. The molecule has 1 aliphatic rings. The van der Waals surface area contributed by atoms with E-state index in [1.54, 1.807) is 7.11 Å². The van der Waals surface area contributed by atoms with E-state index in [1.807, 2.05) is 59.6 Å². The number of hydrogen-bond donors (Lipinski definition) is 1. The molecule has 0 spiro atoms. The second-order valence-electron chi connectivity index (χ2n) is 7.22. The van der Waals surface area contributed by atoms with Gasteiger partial charge in [0.15, 0.2) is 5.82 Å². The second-order valence-corrected chi connectivity index (χ2v) is 7.22. The first-order chi connectivity index (χ1) is 14.2. The van der Waals surface area contributed by atoms with E-state index in [0.717, 1.165) is 27.8 Å². The molecule has 1 unspecified atom stereocenters. The average molecular weight is 388 g/mol. The van der Waals surface area contributed by atoms with Crippen molar-refractivity contribution < 1.29 is 14.1 Å². The molecule has 7 heteroatoms. The molecule has 29 heavy (non-hydrogen) atoms. The van der Waals surface area contributed by atoms with Gasteiger partial charge in [0.05, 0.1) is 7.11 Å². The van der Waals surface area contributed by atoms with Crippen molar-refractivity contribution in [3.63, 3.8) is 0 Å². The molecule has 0 saturated carbocycles. The van der Waals surface area contributed by atoms with Crippen LogP contribution < -0.4 is 4.74 Å². The molecule has 2 aromatic heterocycles. The van der Waals surface area contributed by atoms with E-state index >= 15 is 0 Å². The lowest BCUT2D eigenvalue weighted by Gasteiger charge is -2.17. The fraction of sp³-hybridized carbons (Fsp3) is 0.227. The highest BCUT2D eigenvalue weighted by Crippen LogP contribution is 2.31. The van der Waals surface area contributed by atoms with Crippen LogP contribution in [0.1, 0.15) is 23.7 Å². The van der Waals surface area contributed by atoms with Crippen LogP contribution in [0.15, 0.2) is 59.3 Å². The van der Waals surface area contributed by atoms with Crippen molar-refractivity contribution in [2.45, 2.75) is 18.9 Å². The summed E-state index contributed by atoms with van der Waals surface area (Å²) in [5.74, 6) is 1.82. The number of para-hydroxylation sites is 1. The Bertz CT molecular complexity index is 1180. The van der Waals surface area contributed by atoms with Crippen LogP contribution in [0.3, 0.4) is 0 Å². The minimum absolute atomic E-state index is 0.0797. The molecule has 1 amide bonds. The van der Waals surface area contributed by atoms with Gasteiger partial charge in [-0.05, 0) is 29.7 Å². The van der Waals surface area contributed by atoms with Gasteiger partial charge in [0.1, 0.15) is 5.75 Å². The molecular formula is C22H20N4O3. The fourth-order valence-corrected chi connectivity index (χ4v) is 3.84. The van der Waals surface area contributed by atoms with Gasteiger partial charge in [-0.15, -0.1) is 0 Å². The quantitative estimate of drug-likeness (QED) is 0.563. The summed E-state index contributed by atoms with van der Waals surface area (Å²) < 4.78 is 10.9. The summed E-state index contributed by atoms with van der Waals surface area (Å²) in [6.45, 7) is 1.07. The minimum Gasteiger partial charge on any atom is -0.496 e. The van der Waals surface area contributed by atoms with Crippen LogP contribution in [0, 0.1) is 0 Å². The predicted octanol–water partition coefficient (Wildman–Crippen LogP) is 3.74. The Hall–Kier alpha value is -3.61. The molecule has 1 fully saturated rings. The zero-order chi connectivity index (χ0) is 19.8. The van der Waals surface area contributed by atoms with Gasteiger partial charge in [0.25, 0.3) is 5.89 Å². The van der Waals surface area contributed by atoms with Crippen LogP contribution in [0.2, 0.25) is 0 Å². The summed E-state index contributed by atoms with van der Waals surface area (Å²) in [4.78, 5) is 22.1. The van der Waals surface area contributed by atoms with Gasteiger partial charge in [-0.2, -0.15) is 4.98 Å². The summed E-state index contributed by atoms with van der Waals surface area (Å²) in [7, 11) is 1.64. The molecule has 5 rings (SSSR count). The Morgan fingerprint density at radius 2 is 2.14 bits per heavy atom. The van der Waals surface area contributed by atoms with Crippen LogP contribution in [0.25, 0.3) is 22.4 Å². The molecule has 3 heterocycles. The number of likely N-dealkylation sites (tertiary alicyclic amines) is 1. The van der Waals surface area contributed by atoms with Gasteiger partial charge in [-0.25, -0.2) is 0 Å². The lowest BCUT2D eigenvalue weighted by molar-refractivity contribution is -0.128. The average Bonchev–Trinajstić information content (AvgIpc) is 3.48. The second kappa shape index (κ2) is 7.09. The Balaban J connectivity index is 1.34. The van der Waals surface area contributed by atoms with Crippen molar-refractivity contribution in [2.75, 3.05) is 13.7 Å². The standard InChI is InChI=1S/C22H20N4O3/c1-28-19-5-3-2-4-16(19)12-26-13-17(11-20(26)27)21-24-22(29-25-21)15-7-6-14-8-9-23-18(14)10-15/h2-10,17,23H,11-13H2,1H3. The Kier molecular flexibility index (Phi) is 4.27. The number of carbonyl (C=O) groups excluding carboxylic acids is 1. The van der Waals surface area contributed by atoms with E-state index in [4.69, 9.17) is 9.26 Å². The van der Waals surface area contributed by atoms with E-state index in [0.29, 0.717) is 31.2 Å². The molecule has 2 aromatic carbocycles. The zero-order valence-electron chi connectivity index (χ0n) is 16.0. The third-order valence-corrected chi connectivity index (χ3v) is 5.38. The number of ether oxygens (including phenoxy) is 1. The SMILES string of the molecule is COc1ccccc1CN1CC(c2noc(-c3ccc4cc[nH]c4c3)n2)CC1=O. The Morgan fingerprint density at radius 1 is 1.24 bits per heavy atom. The van der Waals surface area contributed by atoms with Gasteiger partial charge in [-0.1, -0.05) is 29.4 Å². The third kappa shape index (κ3) is 3.24. The fourth-order valence-electron chi connectivity index (χ4n) is 3.84. The smallest absolute Gasteiger partial charge is 0.258 e. The van der Waals surface area contributed by atoms with Crippen molar-refractivity contribution in [2.24, 2.45) is 0 Å². The number of methoxy groups -OCH3 is 1. The molecule has 0 radical (unpaired) electrons. The number of benzene rings is 2. The van der Waals surface area contributed by atoms with Crippen molar-refractivity contribution in [3.05, 3.63) is 66.1 Å². The Labute approximate surface area is 167 Å². The monoisotopic (exact) mass is 388 g/mol. The number of rotatable bonds is 5. The summed E-state index contributed by atoms with van der Waals surface area (Å²) >= 11 is 0. The first-order valence-electron chi connectivity index (χ1n) is 9.52. The van der Waals surface area contributed by atoms with Crippen LogP contribution in [-0.4, -0.2) is 39.6 Å². The van der Waals surface area contributed by atoms with Crippen molar-refractivity contribution in [3.8, 4) is 17.2 Å². The Morgan fingerprint density at radius 3 is 3.03 bits per heavy atom. The van der Waals surface area contributed by atoms with Crippen molar-refractivity contribution in [1.82, 2.24) is 20.0 Å². The lowest BCUT2D eigenvalue weighted by atomic mass is 10.1. The maximum Gasteiger partial charge on any atom is 0.258 e. The number of amides is 1. The molecule has 146 valence electrons. The van der Waals surface area contributed by atoms with Crippen LogP contribution in [0.4, 0.5) is 0 Å². The van der Waals surface area contributed by atoms with Gasteiger partial charge < -0.3 is 19.1 Å². The number of aromatic amines is 1. The van der Waals surface area contributed by atoms with Crippen LogP contribution in [0.5, 0.6) is 5.75 Å². The number of nitrogens with one attached hydrogen (secondary N) is 1. The van der Waals surface area contributed by atoms with Gasteiger partial charge in [-0.3, -0.25) is 4.79 Å². The largest absolute Gasteiger partial charge is 0.496 e. The number of nitrogens with zero attached hydrogens (tertiary/aromatic N) is 3. The maximum atomic E-state index is 12.6. The summed E-state index contributed by atoms with van der Waals surface area (Å²) in [6.07, 6.45) is 2.28. The molecule has 1 atom stereocenters. The number of fused-ring (bicyclic) bond motifs is 1. The summed E-state index contributed by atoms with van der Waals surface area (Å²) in [6, 6.07) is 15.7. The molecule has 7 nitrogen and oxygen atoms in total. The first-order valence-corrected chi connectivity index (χ1v) is 9.52. The molecule has 0 bridgehead atoms. The van der Waals surface area contributed by atoms with Gasteiger partial charge in [0, 0.05) is 48.3 Å². The van der Waals surface area contributed by atoms with E-state index in [9.17, 15) is 4.79 Å². The molecule has 1 aliphatic heterocycles. The maximum absolute atomic E-state index is 12.6. The van der Waals surface area contributed by atoms with Crippen LogP contribution in [-0.2, 0) is 11.3 Å². The predicted molar refractivity (Wildman–Crippen MR) is 107 cm³/mol. The van der Waals surface area contributed by atoms with Crippen LogP contribution >= 0.6 is 0 Å². The highest BCUT2D eigenvalue weighted by molar-refractivity contribution is 5.83. The summed E-state index contributed by atoms with van der Waals surface area (Å²) in [5, 5.41) is 5.28. The molecule has 0 aliphatic carbocycles. The highest BCUT2D eigenvalue weighted by Gasteiger charge is 2.34. The van der Waals surface area contributed by atoms with Crippen molar-refractivity contribution in [1.29, 1.82) is 0 Å². The number of H-pyrrole nitrogens is 1. The third-order valence-electron chi connectivity index (χ3n) is 5.38. The normalized spacial score (nSPS) is 16.7. The van der Waals surface area contributed by atoms with E-state index < -0.39 is 0 Å². The van der Waals surface area contributed by atoms with E-state index in [1.165, 1.54) is 0 Å². The molecular weight excluding hydrogens is 368 g/mol. The highest BCUT2D eigenvalue weighted by atomic mass is 16.5. The molecule has 4 aromatic rings. The lowest BCUT2D eigenvalue weighted by Crippen LogP contribution is -2.24. The molecule has 1 N–H and O–H groups in total. The summed E-state index contributed by atoms with van der Waals surface area (Å²) in [5.41, 5.74) is 2.85. The number of aromatic nitrogens is 3.